The molecule has 0 unspecified atom stereocenters. The number of likely N-dealkylation sites (tertiary alicyclic amines) is 1. The fraction of sp³-hybridized carbons (Fsp3) is 0.533. The lowest BCUT2D eigenvalue weighted by molar-refractivity contribution is -0.00742. The summed E-state index contributed by atoms with van der Waals surface area (Å²) in [5.41, 5.74) is 6.74. The molecule has 1 saturated heterocycles. The number of hydrogen-bond donors (Lipinski definition) is 3. The number of hydrogen-bond acceptors (Lipinski definition) is 4. The average Bonchev–Trinajstić information content (AvgIpc) is 2.41. The number of methoxy groups -OCH3 is 1. The van der Waals surface area contributed by atoms with Crippen molar-refractivity contribution in [2.24, 2.45) is 5.73 Å². The molecule has 0 amide bonds. The second-order valence-corrected chi connectivity index (χ2v) is 5.71. The smallest absolute Gasteiger partial charge is 0.123 e. The lowest BCUT2D eigenvalue weighted by Crippen LogP contribution is -2.42. The van der Waals surface area contributed by atoms with Crippen LogP contribution >= 0.6 is 0 Å². The van der Waals surface area contributed by atoms with Gasteiger partial charge in [0.1, 0.15) is 11.6 Å². The van der Waals surface area contributed by atoms with Crippen molar-refractivity contribution in [1.82, 2.24) is 4.90 Å². The minimum absolute atomic E-state index is 0.0653. The average molecular weight is 277 g/mol. The third-order valence-corrected chi connectivity index (χ3v) is 3.92. The Bertz CT molecular complexity index is 490. The minimum atomic E-state index is -0.540. The summed E-state index contributed by atoms with van der Waals surface area (Å²) >= 11 is 0. The molecule has 0 atom stereocenters. The van der Waals surface area contributed by atoms with E-state index in [-0.39, 0.29) is 5.84 Å². The van der Waals surface area contributed by atoms with E-state index < -0.39 is 5.60 Å². The highest BCUT2D eigenvalue weighted by atomic mass is 16.5. The number of piperidine rings is 1. The van der Waals surface area contributed by atoms with E-state index in [0.717, 1.165) is 43.8 Å². The van der Waals surface area contributed by atoms with Crippen LogP contribution in [-0.2, 0) is 6.54 Å². The molecule has 0 aliphatic carbocycles. The zero-order valence-corrected chi connectivity index (χ0v) is 12.1. The van der Waals surface area contributed by atoms with E-state index in [1.807, 2.05) is 19.1 Å². The molecular formula is C15H23N3O2. The molecule has 1 heterocycles. The highest BCUT2D eigenvalue weighted by Gasteiger charge is 2.27. The van der Waals surface area contributed by atoms with E-state index in [2.05, 4.69) is 4.90 Å². The van der Waals surface area contributed by atoms with E-state index in [0.29, 0.717) is 5.56 Å². The van der Waals surface area contributed by atoms with E-state index >= 15 is 0 Å². The summed E-state index contributed by atoms with van der Waals surface area (Å²) in [5.74, 6) is 0.878. The fourth-order valence-electron chi connectivity index (χ4n) is 2.50. The maximum absolute atomic E-state index is 9.98. The standard InChI is InChI=1S/C15H23N3O2/c1-15(19)5-7-18(8-6-15)10-12-9-11(14(16)17)3-4-13(12)20-2/h3-4,9,19H,5-8,10H2,1-2H3,(H3,16,17). The quantitative estimate of drug-likeness (QED) is 0.572. The van der Waals surface area contributed by atoms with Crippen LogP contribution < -0.4 is 10.5 Å². The molecule has 110 valence electrons. The number of nitrogens with zero attached hydrogens (tertiary/aromatic N) is 1. The molecule has 2 rings (SSSR count). The zero-order chi connectivity index (χ0) is 14.8. The SMILES string of the molecule is COc1ccc(C(=N)N)cc1CN1CCC(C)(O)CC1. The Morgan fingerprint density at radius 1 is 1.45 bits per heavy atom. The van der Waals surface area contributed by atoms with Crippen molar-refractivity contribution in [3.63, 3.8) is 0 Å². The Morgan fingerprint density at radius 2 is 2.10 bits per heavy atom. The molecule has 1 aliphatic rings. The first-order valence-corrected chi connectivity index (χ1v) is 6.87. The molecule has 0 radical (unpaired) electrons. The van der Waals surface area contributed by atoms with Crippen LogP contribution in [0.15, 0.2) is 18.2 Å². The lowest BCUT2D eigenvalue weighted by Gasteiger charge is -2.36. The largest absolute Gasteiger partial charge is 0.496 e. The van der Waals surface area contributed by atoms with Gasteiger partial charge in [0.2, 0.25) is 0 Å². The van der Waals surface area contributed by atoms with Gasteiger partial charge in [0, 0.05) is 30.8 Å². The number of rotatable bonds is 4. The lowest BCUT2D eigenvalue weighted by atomic mass is 9.93. The molecule has 1 fully saturated rings. The van der Waals surface area contributed by atoms with E-state index in [9.17, 15) is 5.11 Å². The molecule has 0 spiro atoms. The molecule has 5 nitrogen and oxygen atoms in total. The zero-order valence-electron chi connectivity index (χ0n) is 12.1. The van der Waals surface area contributed by atoms with Gasteiger partial charge in [-0.05, 0) is 38.0 Å². The molecule has 5 heteroatoms. The molecule has 0 aromatic heterocycles. The second-order valence-electron chi connectivity index (χ2n) is 5.71. The van der Waals surface area contributed by atoms with Crippen LogP contribution in [0.2, 0.25) is 0 Å². The van der Waals surface area contributed by atoms with Crippen molar-refractivity contribution in [3.8, 4) is 5.75 Å². The molecule has 4 N–H and O–H groups in total. The first-order chi connectivity index (χ1) is 9.41. The summed E-state index contributed by atoms with van der Waals surface area (Å²) in [4.78, 5) is 2.29. The van der Waals surface area contributed by atoms with Crippen LogP contribution in [0.3, 0.4) is 0 Å². The summed E-state index contributed by atoms with van der Waals surface area (Å²) in [7, 11) is 1.65. The molecule has 20 heavy (non-hydrogen) atoms. The molecule has 1 aromatic carbocycles. The first-order valence-electron chi connectivity index (χ1n) is 6.87. The highest BCUT2D eigenvalue weighted by molar-refractivity contribution is 5.95. The third-order valence-electron chi connectivity index (χ3n) is 3.92. The number of amidine groups is 1. The predicted octanol–water partition coefficient (Wildman–Crippen LogP) is 1.33. The molecule has 1 aliphatic heterocycles. The normalized spacial score (nSPS) is 18.8. The minimum Gasteiger partial charge on any atom is -0.496 e. The van der Waals surface area contributed by atoms with E-state index in [1.54, 1.807) is 13.2 Å². The van der Waals surface area contributed by atoms with Crippen molar-refractivity contribution >= 4 is 5.84 Å². The Balaban J connectivity index is 2.12. The summed E-state index contributed by atoms with van der Waals surface area (Å²) in [6, 6.07) is 5.56. The number of aliphatic hydroxyl groups is 1. The summed E-state index contributed by atoms with van der Waals surface area (Å²) in [5, 5.41) is 17.5. The van der Waals surface area contributed by atoms with E-state index in [4.69, 9.17) is 15.9 Å². The van der Waals surface area contributed by atoms with Crippen LogP contribution in [0.25, 0.3) is 0 Å². The van der Waals surface area contributed by atoms with Gasteiger partial charge in [-0.3, -0.25) is 10.3 Å². The Labute approximate surface area is 119 Å². The van der Waals surface area contributed by atoms with Gasteiger partial charge in [0.25, 0.3) is 0 Å². The van der Waals surface area contributed by atoms with E-state index in [1.165, 1.54) is 0 Å². The van der Waals surface area contributed by atoms with Crippen molar-refractivity contribution < 1.29 is 9.84 Å². The monoisotopic (exact) mass is 277 g/mol. The van der Waals surface area contributed by atoms with Crippen LogP contribution in [0.1, 0.15) is 30.9 Å². The second kappa shape index (κ2) is 5.81. The maximum atomic E-state index is 9.98. The summed E-state index contributed by atoms with van der Waals surface area (Å²) in [6.07, 6.45) is 1.56. The van der Waals surface area contributed by atoms with Crippen LogP contribution in [0.5, 0.6) is 5.75 Å². The number of nitrogens with one attached hydrogen (secondary N) is 1. The topological polar surface area (TPSA) is 82.6 Å². The molecule has 1 aromatic rings. The first kappa shape index (κ1) is 14.8. The van der Waals surface area contributed by atoms with Crippen LogP contribution in [-0.4, -0.2) is 41.6 Å². The van der Waals surface area contributed by atoms with Gasteiger partial charge in [0.05, 0.1) is 12.7 Å². The van der Waals surface area contributed by atoms with Gasteiger partial charge in [-0.1, -0.05) is 0 Å². The van der Waals surface area contributed by atoms with Crippen molar-refractivity contribution in [1.29, 1.82) is 5.41 Å². The highest BCUT2D eigenvalue weighted by Crippen LogP contribution is 2.26. The van der Waals surface area contributed by atoms with Gasteiger partial charge < -0.3 is 15.6 Å². The number of benzene rings is 1. The van der Waals surface area contributed by atoms with Gasteiger partial charge in [-0.15, -0.1) is 0 Å². The molecular weight excluding hydrogens is 254 g/mol. The predicted molar refractivity (Wildman–Crippen MR) is 79.1 cm³/mol. The van der Waals surface area contributed by atoms with Crippen molar-refractivity contribution in [2.45, 2.75) is 31.9 Å². The van der Waals surface area contributed by atoms with Crippen molar-refractivity contribution in [2.75, 3.05) is 20.2 Å². The summed E-state index contributed by atoms with van der Waals surface area (Å²) < 4.78 is 5.38. The summed E-state index contributed by atoms with van der Waals surface area (Å²) in [6.45, 7) is 4.36. The van der Waals surface area contributed by atoms with Crippen LogP contribution in [0, 0.1) is 5.41 Å². The number of nitrogens with two attached hydrogens (primary N) is 1. The fourth-order valence-corrected chi connectivity index (χ4v) is 2.50. The number of nitrogen functional groups attached to an aromatic ring is 1. The Hall–Kier alpha value is -1.59. The molecule has 0 saturated carbocycles. The van der Waals surface area contributed by atoms with Gasteiger partial charge in [0.15, 0.2) is 0 Å². The van der Waals surface area contributed by atoms with Crippen LogP contribution in [0.4, 0.5) is 0 Å². The Kier molecular flexibility index (Phi) is 4.30. The maximum Gasteiger partial charge on any atom is 0.123 e. The van der Waals surface area contributed by atoms with Gasteiger partial charge in [-0.25, -0.2) is 0 Å². The molecule has 0 bridgehead atoms. The third kappa shape index (κ3) is 3.49. The van der Waals surface area contributed by atoms with Gasteiger partial charge >= 0.3 is 0 Å². The van der Waals surface area contributed by atoms with Crippen molar-refractivity contribution in [3.05, 3.63) is 29.3 Å². The van der Waals surface area contributed by atoms with Gasteiger partial charge in [-0.2, -0.15) is 0 Å². The number of ether oxygens (including phenoxy) is 1. The Morgan fingerprint density at radius 3 is 2.65 bits per heavy atom.